The molecule has 9 heteroatoms. The zero-order valence-electron chi connectivity index (χ0n) is 13.0. The lowest BCUT2D eigenvalue weighted by Crippen LogP contribution is -2.47. The highest BCUT2D eigenvalue weighted by Crippen LogP contribution is 2.29. The average molecular weight is 339 g/mol. The maximum Gasteiger partial charge on any atom is 0.433 e. The average Bonchev–Trinajstić information content (AvgIpc) is 2.57. The number of halogens is 3. The highest BCUT2D eigenvalue weighted by atomic mass is 19.4. The summed E-state index contributed by atoms with van der Waals surface area (Å²) in [4.78, 5) is 19.1. The first-order valence-corrected chi connectivity index (χ1v) is 7.42. The standard InChI is InChI=1S/C15H16F3N5O/c1-21-14(24)9-11(10-19-21)22-5-7-23(8-6-22)13-4-2-3-12(20-13)15(16,17)18/h2-4,9-10H,5-8H2,1H3. The molecule has 24 heavy (non-hydrogen) atoms. The fourth-order valence-corrected chi connectivity index (χ4v) is 2.58. The van der Waals surface area contributed by atoms with Gasteiger partial charge in [0.05, 0.1) is 11.9 Å². The maximum absolute atomic E-state index is 12.8. The van der Waals surface area contributed by atoms with Crippen molar-refractivity contribution in [2.24, 2.45) is 7.05 Å². The summed E-state index contributed by atoms with van der Waals surface area (Å²) >= 11 is 0. The van der Waals surface area contributed by atoms with Crippen molar-refractivity contribution in [2.45, 2.75) is 6.18 Å². The van der Waals surface area contributed by atoms with Crippen LogP contribution in [0.3, 0.4) is 0 Å². The van der Waals surface area contributed by atoms with Crippen LogP contribution in [0.15, 0.2) is 35.3 Å². The van der Waals surface area contributed by atoms with Gasteiger partial charge in [-0.15, -0.1) is 0 Å². The number of hydrogen-bond donors (Lipinski definition) is 0. The third kappa shape index (κ3) is 3.34. The first-order valence-electron chi connectivity index (χ1n) is 7.42. The van der Waals surface area contributed by atoms with Crippen molar-refractivity contribution in [3.05, 3.63) is 46.5 Å². The minimum Gasteiger partial charge on any atom is -0.367 e. The number of rotatable bonds is 2. The summed E-state index contributed by atoms with van der Waals surface area (Å²) in [5.74, 6) is 0.312. The number of aryl methyl sites for hydroxylation is 1. The van der Waals surface area contributed by atoms with Gasteiger partial charge in [0.15, 0.2) is 0 Å². The summed E-state index contributed by atoms with van der Waals surface area (Å²) in [7, 11) is 1.57. The van der Waals surface area contributed by atoms with E-state index in [9.17, 15) is 18.0 Å². The first-order chi connectivity index (χ1) is 11.3. The van der Waals surface area contributed by atoms with Gasteiger partial charge in [-0.3, -0.25) is 4.79 Å². The molecule has 0 radical (unpaired) electrons. The molecule has 1 fully saturated rings. The summed E-state index contributed by atoms with van der Waals surface area (Å²) in [5, 5.41) is 3.98. The largest absolute Gasteiger partial charge is 0.433 e. The Balaban J connectivity index is 1.71. The molecule has 0 unspecified atom stereocenters. The molecule has 0 aromatic carbocycles. The van der Waals surface area contributed by atoms with Gasteiger partial charge in [-0.2, -0.15) is 18.3 Å². The van der Waals surface area contributed by atoms with Gasteiger partial charge < -0.3 is 9.80 Å². The van der Waals surface area contributed by atoms with Crippen LogP contribution in [0.1, 0.15) is 5.69 Å². The summed E-state index contributed by atoms with van der Waals surface area (Å²) in [6.45, 7) is 2.19. The molecule has 3 rings (SSSR count). The van der Waals surface area contributed by atoms with E-state index in [1.165, 1.54) is 16.8 Å². The van der Waals surface area contributed by atoms with E-state index < -0.39 is 11.9 Å². The van der Waals surface area contributed by atoms with E-state index in [2.05, 4.69) is 10.1 Å². The van der Waals surface area contributed by atoms with Crippen LogP contribution in [0.25, 0.3) is 0 Å². The Bertz CT molecular complexity index is 781. The number of alkyl halides is 3. The SMILES string of the molecule is Cn1ncc(N2CCN(c3cccc(C(F)(F)F)n3)CC2)cc1=O. The molecule has 2 aromatic heterocycles. The maximum atomic E-state index is 12.8. The third-order valence-electron chi connectivity index (χ3n) is 3.95. The summed E-state index contributed by atoms with van der Waals surface area (Å²) in [6.07, 6.45) is -2.84. The topological polar surface area (TPSA) is 54.3 Å². The molecule has 0 N–H and O–H groups in total. The van der Waals surface area contributed by atoms with Gasteiger partial charge in [0, 0.05) is 39.3 Å². The van der Waals surface area contributed by atoms with Gasteiger partial charge in [0.2, 0.25) is 0 Å². The Labute approximate surface area is 136 Å². The summed E-state index contributed by atoms with van der Waals surface area (Å²) in [6, 6.07) is 5.41. The van der Waals surface area contributed by atoms with E-state index in [-0.39, 0.29) is 5.56 Å². The predicted molar refractivity (Wildman–Crippen MR) is 83.1 cm³/mol. The minimum absolute atomic E-state index is 0.200. The summed E-state index contributed by atoms with van der Waals surface area (Å²) < 4.78 is 39.5. The highest BCUT2D eigenvalue weighted by Gasteiger charge is 2.33. The molecule has 0 atom stereocenters. The Morgan fingerprint density at radius 3 is 2.38 bits per heavy atom. The molecule has 1 saturated heterocycles. The molecule has 2 aromatic rings. The van der Waals surface area contributed by atoms with E-state index in [0.717, 1.165) is 11.8 Å². The normalized spacial score (nSPS) is 15.7. The predicted octanol–water partition coefficient (Wildman–Crippen LogP) is 1.52. The van der Waals surface area contributed by atoms with Gasteiger partial charge in [-0.05, 0) is 12.1 Å². The number of anilines is 2. The zero-order valence-corrected chi connectivity index (χ0v) is 13.0. The van der Waals surface area contributed by atoms with Gasteiger partial charge in [0.1, 0.15) is 11.5 Å². The van der Waals surface area contributed by atoms with E-state index in [1.807, 2.05) is 4.90 Å². The van der Waals surface area contributed by atoms with Crippen molar-refractivity contribution in [2.75, 3.05) is 36.0 Å². The van der Waals surface area contributed by atoms with Crippen LogP contribution in [0.2, 0.25) is 0 Å². The fraction of sp³-hybridized carbons (Fsp3) is 0.400. The second-order valence-electron chi connectivity index (χ2n) is 5.53. The molecule has 0 spiro atoms. The van der Waals surface area contributed by atoms with E-state index >= 15 is 0 Å². The van der Waals surface area contributed by atoms with E-state index in [1.54, 1.807) is 24.2 Å². The molecule has 0 aliphatic carbocycles. The van der Waals surface area contributed by atoms with Gasteiger partial charge >= 0.3 is 6.18 Å². The number of hydrogen-bond acceptors (Lipinski definition) is 5. The number of piperazine rings is 1. The van der Waals surface area contributed by atoms with Crippen LogP contribution >= 0.6 is 0 Å². The second kappa shape index (κ2) is 6.14. The second-order valence-corrected chi connectivity index (χ2v) is 5.53. The van der Waals surface area contributed by atoms with Crippen molar-refractivity contribution < 1.29 is 13.2 Å². The molecule has 3 heterocycles. The Morgan fingerprint density at radius 1 is 1.08 bits per heavy atom. The zero-order chi connectivity index (χ0) is 17.3. The van der Waals surface area contributed by atoms with Crippen LogP contribution < -0.4 is 15.4 Å². The molecule has 6 nitrogen and oxygen atoms in total. The smallest absolute Gasteiger partial charge is 0.367 e. The first kappa shape index (κ1) is 16.3. The molecule has 1 aliphatic rings. The Kier molecular flexibility index (Phi) is 4.16. The summed E-state index contributed by atoms with van der Waals surface area (Å²) in [5.41, 5.74) is -0.373. The van der Waals surface area contributed by atoms with E-state index in [0.29, 0.717) is 32.0 Å². The van der Waals surface area contributed by atoms with Crippen molar-refractivity contribution in [3.8, 4) is 0 Å². The van der Waals surface area contributed by atoms with Gasteiger partial charge in [0.25, 0.3) is 5.56 Å². The lowest BCUT2D eigenvalue weighted by Gasteiger charge is -2.36. The van der Waals surface area contributed by atoms with Crippen molar-refractivity contribution in [1.29, 1.82) is 0 Å². The molecule has 128 valence electrons. The highest BCUT2D eigenvalue weighted by molar-refractivity contribution is 5.47. The number of pyridine rings is 1. The molecule has 1 aliphatic heterocycles. The Hall–Kier alpha value is -2.58. The van der Waals surface area contributed by atoms with Crippen LogP contribution in [0.4, 0.5) is 24.7 Å². The number of aromatic nitrogens is 3. The molecule has 0 bridgehead atoms. The quantitative estimate of drug-likeness (QED) is 0.830. The lowest BCUT2D eigenvalue weighted by molar-refractivity contribution is -0.141. The van der Waals surface area contributed by atoms with Crippen LogP contribution in [-0.2, 0) is 13.2 Å². The monoisotopic (exact) mass is 339 g/mol. The van der Waals surface area contributed by atoms with E-state index in [4.69, 9.17) is 0 Å². The molecule has 0 saturated carbocycles. The third-order valence-corrected chi connectivity index (χ3v) is 3.95. The fourth-order valence-electron chi connectivity index (χ4n) is 2.58. The lowest BCUT2D eigenvalue weighted by atomic mass is 10.2. The van der Waals surface area contributed by atoms with Crippen LogP contribution in [0, 0.1) is 0 Å². The van der Waals surface area contributed by atoms with Gasteiger partial charge in [-0.25, -0.2) is 9.67 Å². The van der Waals surface area contributed by atoms with Crippen LogP contribution in [-0.4, -0.2) is 40.9 Å². The molecular weight excluding hydrogens is 323 g/mol. The molecular formula is C15H16F3N5O. The van der Waals surface area contributed by atoms with Crippen molar-refractivity contribution in [3.63, 3.8) is 0 Å². The van der Waals surface area contributed by atoms with Gasteiger partial charge in [-0.1, -0.05) is 6.07 Å². The van der Waals surface area contributed by atoms with Crippen molar-refractivity contribution >= 4 is 11.5 Å². The minimum atomic E-state index is -4.45. The van der Waals surface area contributed by atoms with Crippen LogP contribution in [0.5, 0.6) is 0 Å². The van der Waals surface area contributed by atoms with Crippen molar-refractivity contribution in [1.82, 2.24) is 14.8 Å². The molecule has 0 amide bonds. The number of nitrogens with zero attached hydrogens (tertiary/aromatic N) is 5. The Morgan fingerprint density at radius 2 is 1.75 bits per heavy atom.